The highest BCUT2D eigenvalue weighted by Gasteiger charge is 2.21. The molecule has 0 amide bonds. The Morgan fingerprint density at radius 3 is 2.04 bits per heavy atom. The Morgan fingerprint density at radius 2 is 1.48 bits per heavy atom. The molecule has 0 aromatic heterocycles. The molecule has 0 heterocycles. The molecular weight excluding hydrogens is 332 g/mol. The van der Waals surface area contributed by atoms with Crippen molar-refractivity contribution in [3.63, 3.8) is 0 Å². The van der Waals surface area contributed by atoms with Gasteiger partial charge in [0.15, 0.2) is 0 Å². The Kier molecular flexibility index (Phi) is 8.33. The van der Waals surface area contributed by atoms with E-state index in [2.05, 4.69) is 75.0 Å². The maximum Gasteiger partial charge on any atom is 0.115 e. The van der Waals surface area contributed by atoms with Gasteiger partial charge in [0, 0.05) is 25.7 Å². The van der Waals surface area contributed by atoms with Crippen molar-refractivity contribution in [1.82, 2.24) is 9.80 Å². The van der Waals surface area contributed by atoms with E-state index in [1.807, 2.05) is 12.1 Å². The van der Waals surface area contributed by atoms with Gasteiger partial charge in [0.1, 0.15) is 5.75 Å². The SMILES string of the molecule is CCc1cccc(CN(Cc2cccc(O)c2)[C@@H](CC(C)C)CN(C)C)c1. The molecule has 0 radical (unpaired) electrons. The number of nitrogens with zero attached hydrogens (tertiary/aromatic N) is 2. The van der Waals surface area contributed by atoms with E-state index in [4.69, 9.17) is 0 Å². The van der Waals surface area contributed by atoms with Crippen molar-refractivity contribution in [2.24, 2.45) is 5.92 Å². The van der Waals surface area contributed by atoms with Crippen molar-refractivity contribution < 1.29 is 5.11 Å². The quantitative estimate of drug-likeness (QED) is 0.644. The number of phenolic OH excluding ortho intramolecular Hbond substituents is 1. The zero-order valence-electron chi connectivity index (χ0n) is 17.7. The normalized spacial score (nSPS) is 12.9. The third-order valence-electron chi connectivity index (χ3n) is 4.92. The molecule has 0 fully saturated rings. The van der Waals surface area contributed by atoms with Crippen LogP contribution in [0.25, 0.3) is 0 Å². The molecule has 0 spiro atoms. The van der Waals surface area contributed by atoms with Gasteiger partial charge in [-0.1, -0.05) is 57.2 Å². The molecule has 3 heteroatoms. The van der Waals surface area contributed by atoms with Crippen LogP contribution in [0.5, 0.6) is 5.75 Å². The molecule has 0 aliphatic heterocycles. The second-order valence-corrected chi connectivity index (χ2v) is 8.29. The topological polar surface area (TPSA) is 26.7 Å². The highest BCUT2D eigenvalue weighted by molar-refractivity contribution is 5.28. The fourth-order valence-corrected chi connectivity index (χ4v) is 3.69. The van der Waals surface area contributed by atoms with E-state index in [0.29, 0.717) is 17.7 Å². The summed E-state index contributed by atoms with van der Waals surface area (Å²) < 4.78 is 0. The average Bonchev–Trinajstić information content (AvgIpc) is 2.60. The van der Waals surface area contributed by atoms with Crippen LogP contribution in [0, 0.1) is 5.92 Å². The third kappa shape index (κ3) is 7.36. The van der Waals surface area contributed by atoms with E-state index < -0.39 is 0 Å². The predicted octanol–water partition coefficient (Wildman–Crippen LogP) is 4.93. The lowest BCUT2D eigenvalue weighted by molar-refractivity contribution is 0.127. The lowest BCUT2D eigenvalue weighted by Gasteiger charge is -2.35. The number of hydrogen-bond acceptors (Lipinski definition) is 3. The molecule has 0 saturated carbocycles. The van der Waals surface area contributed by atoms with Crippen molar-refractivity contribution in [3.8, 4) is 5.75 Å². The van der Waals surface area contributed by atoms with E-state index in [-0.39, 0.29) is 0 Å². The molecule has 3 nitrogen and oxygen atoms in total. The van der Waals surface area contributed by atoms with Gasteiger partial charge in [0.05, 0.1) is 0 Å². The van der Waals surface area contributed by atoms with Gasteiger partial charge in [0.2, 0.25) is 0 Å². The van der Waals surface area contributed by atoms with Crippen molar-refractivity contribution in [2.45, 2.75) is 52.7 Å². The predicted molar refractivity (Wildman–Crippen MR) is 115 cm³/mol. The molecule has 0 bridgehead atoms. The lowest BCUT2D eigenvalue weighted by atomic mass is 9.99. The maximum absolute atomic E-state index is 9.89. The molecular formula is C24H36N2O. The molecule has 0 saturated heterocycles. The molecule has 148 valence electrons. The van der Waals surface area contributed by atoms with Crippen LogP contribution in [0.2, 0.25) is 0 Å². The minimum atomic E-state index is 0.341. The van der Waals surface area contributed by atoms with Gasteiger partial charge in [-0.05, 0) is 61.7 Å². The van der Waals surface area contributed by atoms with Gasteiger partial charge >= 0.3 is 0 Å². The van der Waals surface area contributed by atoms with Crippen LogP contribution in [0.15, 0.2) is 48.5 Å². The maximum atomic E-state index is 9.89. The third-order valence-corrected chi connectivity index (χ3v) is 4.92. The van der Waals surface area contributed by atoms with Crippen LogP contribution in [0.3, 0.4) is 0 Å². The van der Waals surface area contributed by atoms with Gasteiger partial charge in [-0.2, -0.15) is 0 Å². The first kappa shape index (κ1) is 21.5. The molecule has 0 unspecified atom stereocenters. The summed E-state index contributed by atoms with van der Waals surface area (Å²) in [5.41, 5.74) is 3.91. The molecule has 1 N–H and O–H groups in total. The van der Waals surface area contributed by atoms with E-state index >= 15 is 0 Å². The van der Waals surface area contributed by atoms with Crippen LogP contribution in [0.4, 0.5) is 0 Å². The van der Waals surface area contributed by atoms with Crippen LogP contribution in [-0.4, -0.2) is 41.6 Å². The number of aryl methyl sites for hydroxylation is 1. The average molecular weight is 369 g/mol. The Balaban J connectivity index is 2.29. The summed E-state index contributed by atoms with van der Waals surface area (Å²) in [6, 6.07) is 17.1. The summed E-state index contributed by atoms with van der Waals surface area (Å²) in [5, 5.41) is 9.89. The zero-order valence-corrected chi connectivity index (χ0v) is 17.7. The summed E-state index contributed by atoms with van der Waals surface area (Å²) in [4.78, 5) is 4.86. The Morgan fingerprint density at radius 1 is 0.889 bits per heavy atom. The molecule has 27 heavy (non-hydrogen) atoms. The first-order chi connectivity index (χ1) is 12.9. The molecule has 2 rings (SSSR count). The minimum Gasteiger partial charge on any atom is -0.508 e. The largest absolute Gasteiger partial charge is 0.508 e. The molecule has 1 atom stereocenters. The van der Waals surface area contributed by atoms with Crippen molar-refractivity contribution in [1.29, 1.82) is 0 Å². The van der Waals surface area contributed by atoms with E-state index in [0.717, 1.165) is 38.0 Å². The van der Waals surface area contributed by atoms with E-state index in [1.165, 1.54) is 11.1 Å². The summed E-state index contributed by atoms with van der Waals surface area (Å²) in [7, 11) is 4.30. The van der Waals surface area contributed by atoms with Crippen LogP contribution < -0.4 is 0 Å². The number of likely N-dealkylation sites (N-methyl/N-ethyl adjacent to an activating group) is 1. The Hall–Kier alpha value is -1.84. The van der Waals surface area contributed by atoms with Crippen molar-refractivity contribution in [3.05, 3.63) is 65.2 Å². The van der Waals surface area contributed by atoms with Gasteiger partial charge in [-0.25, -0.2) is 0 Å². The lowest BCUT2D eigenvalue weighted by Crippen LogP contribution is -2.42. The number of benzene rings is 2. The van der Waals surface area contributed by atoms with Gasteiger partial charge in [-0.15, -0.1) is 0 Å². The number of hydrogen-bond donors (Lipinski definition) is 1. The van der Waals surface area contributed by atoms with Crippen LogP contribution >= 0.6 is 0 Å². The Labute approximate surface area is 165 Å². The number of rotatable bonds is 10. The fraction of sp³-hybridized carbons (Fsp3) is 0.500. The molecule has 0 aliphatic rings. The monoisotopic (exact) mass is 368 g/mol. The molecule has 2 aromatic rings. The van der Waals surface area contributed by atoms with Crippen LogP contribution in [-0.2, 0) is 19.5 Å². The summed E-state index contributed by atoms with van der Waals surface area (Å²) in [5.74, 6) is 0.983. The standard InChI is InChI=1S/C24H36N2O/c1-6-20-9-7-10-21(14-20)16-26(17-22-11-8-12-24(27)15-22)23(13-19(2)3)18-25(4)5/h7-12,14-15,19,23,27H,6,13,16-18H2,1-5H3/t23-/m0/s1. The summed E-state index contributed by atoms with van der Waals surface area (Å²) >= 11 is 0. The minimum absolute atomic E-state index is 0.341. The van der Waals surface area contributed by atoms with E-state index in [9.17, 15) is 5.11 Å². The smallest absolute Gasteiger partial charge is 0.115 e. The van der Waals surface area contributed by atoms with E-state index in [1.54, 1.807) is 6.07 Å². The van der Waals surface area contributed by atoms with Crippen LogP contribution in [0.1, 0.15) is 43.9 Å². The van der Waals surface area contributed by atoms with Gasteiger partial charge in [-0.3, -0.25) is 4.90 Å². The Bertz CT molecular complexity index is 686. The summed E-state index contributed by atoms with van der Waals surface area (Å²) in [6.45, 7) is 9.60. The number of aromatic hydroxyl groups is 1. The fourth-order valence-electron chi connectivity index (χ4n) is 3.69. The number of phenols is 1. The second-order valence-electron chi connectivity index (χ2n) is 8.29. The first-order valence-corrected chi connectivity index (χ1v) is 10.1. The first-order valence-electron chi connectivity index (χ1n) is 10.1. The molecule has 2 aromatic carbocycles. The van der Waals surface area contributed by atoms with Gasteiger partial charge in [0.25, 0.3) is 0 Å². The summed E-state index contributed by atoms with van der Waals surface area (Å²) in [6.07, 6.45) is 2.22. The highest BCUT2D eigenvalue weighted by atomic mass is 16.3. The van der Waals surface area contributed by atoms with Gasteiger partial charge < -0.3 is 10.0 Å². The van der Waals surface area contributed by atoms with Crippen molar-refractivity contribution in [2.75, 3.05) is 20.6 Å². The second kappa shape index (κ2) is 10.5. The zero-order chi connectivity index (χ0) is 19.8. The van der Waals surface area contributed by atoms with Crippen molar-refractivity contribution >= 4 is 0 Å². The molecule has 0 aliphatic carbocycles. The highest BCUT2D eigenvalue weighted by Crippen LogP contribution is 2.21.